The van der Waals surface area contributed by atoms with Gasteiger partial charge in [0.25, 0.3) is 0 Å². The third kappa shape index (κ3) is 3.71. The summed E-state index contributed by atoms with van der Waals surface area (Å²) in [6, 6.07) is 13.7. The Morgan fingerprint density at radius 2 is 1.61 bits per heavy atom. The molecule has 2 heterocycles. The number of fused-ring (bicyclic) bond motifs is 1. The summed E-state index contributed by atoms with van der Waals surface area (Å²) < 4.78 is 25.0. The van der Waals surface area contributed by atoms with E-state index in [1.807, 2.05) is 56.0 Å². The molecular weight excluding hydrogens is 372 g/mol. The first kappa shape index (κ1) is 19.2. The van der Waals surface area contributed by atoms with Crippen molar-refractivity contribution in [3.05, 3.63) is 64.7 Å². The fraction of sp³-hybridized carbons (Fsp3) is 0.409. The summed E-state index contributed by atoms with van der Waals surface area (Å²) in [4.78, 5) is 16.9. The van der Waals surface area contributed by atoms with Crippen molar-refractivity contribution in [3.8, 4) is 0 Å². The van der Waals surface area contributed by atoms with Crippen molar-refractivity contribution in [2.75, 3.05) is 23.0 Å². The zero-order valence-corrected chi connectivity index (χ0v) is 17.4. The van der Waals surface area contributed by atoms with Crippen LogP contribution in [0.15, 0.2) is 42.5 Å². The number of hydrogen-bond acceptors (Lipinski definition) is 4. The minimum Gasteiger partial charge on any atom is -0.306 e. The largest absolute Gasteiger partial charge is 0.306 e. The molecule has 0 N–H and O–H groups in total. The SMILES string of the molecule is Cc1cccc(CN2CC(=O)N(c3cc(C)cc(C)c3)C3CS(=O)(=O)CC32)c1. The van der Waals surface area contributed by atoms with Gasteiger partial charge < -0.3 is 4.90 Å². The fourth-order valence-electron chi connectivity index (χ4n) is 4.60. The summed E-state index contributed by atoms with van der Waals surface area (Å²) in [5.74, 6) is 0.106. The Morgan fingerprint density at radius 3 is 2.29 bits per heavy atom. The van der Waals surface area contributed by atoms with Crippen LogP contribution in [0.3, 0.4) is 0 Å². The molecule has 0 radical (unpaired) electrons. The minimum absolute atomic E-state index is 0.0285. The van der Waals surface area contributed by atoms with Gasteiger partial charge in [0.2, 0.25) is 5.91 Å². The van der Waals surface area contributed by atoms with Crippen LogP contribution < -0.4 is 4.90 Å². The number of nitrogens with zero attached hydrogens (tertiary/aromatic N) is 2. The Kier molecular flexibility index (Phi) is 4.79. The zero-order valence-electron chi connectivity index (χ0n) is 16.6. The van der Waals surface area contributed by atoms with Gasteiger partial charge in [0.05, 0.1) is 24.1 Å². The maximum absolute atomic E-state index is 13.1. The van der Waals surface area contributed by atoms with Gasteiger partial charge in [0, 0.05) is 18.3 Å². The molecule has 2 aromatic carbocycles. The first-order valence-electron chi connectivity index (χ1n) is 9.62. The molecule has 2 aromatic rings. The number of hydrogen-bond donors (Lipinski definition) is 0. The molecule has 0 saturated carbocycles. The Balaban J connectivity index is 1.69. The summed E-state index contributed by atoms with van der Waals surface area (Å²) in [6.07, 6.45) is 0. The number of rotatable bonds is 3. The van der Waals surface area contributed by atoms with Gasteiger partial charge in [-0.2, -0.15) is 0 Å². The van der Waals surface area contributed by atoms with Crippen molar-refractivity contribution in [2.45, 2.75) is 39.4 Å². The summed E-state index contributed by atoms with van der Waals surface area (Å²) in [7, 11) is -3.18. The molecule has 2 aliphatic rings. The van der Waals surface area contributed by atoms with Crippen LogP contribution in [0.1, 0.15) is 22.3 Å². The van der Waals surface area contributed by atoms with Crippen molar-refractivity contribution < 1.29 is 13.2 Å². The van der Waals surface area contributed by atoms with E-state index in [4.69, 9.17) is 0 Å². The molecule has 0 aliphatic carbocycles. The van der Waals surface area contributed by atoms with Crippen LogP contribution in [-0.2, 0) is 21.2 Å². The molecule has 4 rings (SSSR count). The third-order valence-corrected chi connectivity index (χ3v) is 7.35. The van der Waals surface area contributed by atoms with Crippen LogP contribution in [0.2, 0.25) is 0 Å². The van der Waals surface area contributed by atoms with Crippen molar-refractivity contribution >= 4 is 21.4 Å². The van der Waals surface area contributed by atoms with Crippen molar-refractivity contribution in [1.82, 2.24) is 4.90 Å². The number of carbonyl (C=O) groups is 1. The van der Waals surface area contributed by atoms with Crippen LogP contribution in [0.5, 0.6) is 0 Å². The molecule has 148 valence electrons. The second-order valence-corrected chi connectivity index (χ2v) is 10.4. The molecule has 1 amide bonds. The first-order chi connectivity index (χ1) is 13.2. The van der Waals surface area contributed by atoms with Gasteiger partial charge in [0.15, 0.2) is 9.84 Å². The third-order valence-electron chi connectivity index (χ3n) is 5.65. The second kappa shape index (κ2) is 7.01. The Labute approximate surface area is 166 Å². The van der Waals surface area contributed by atoms with E-state index in [1.165, 1.54) is 0 Å². The molecule has 5 nitrogen and oxygen atoms in total. The fourth-order valence-corrected chi connectivity index (χ4v) is 6.58. The van der Waals surface area contributed by atoms with Gasteiger partial charge in [-0.05, 0) is 49.6 Å². The highest BCUT2D eigenvalue weighted by Gasteiger charge is 2.49. The van der Waals surface area contributed by atoms with E-state index in [0.717, 1.165) is 27.9 Å². The van der Waals surface area contributed by atoms with E-state index in [-0.39, 0.29) is 36.0 Å². The lowest BCUT2D eigenvalue weighted by Gasteiger charge is -2.43. The Morgan fingerprint density at radius 1 is 0.929 bits per heavy atom. The first-order valence-corrected chi connectivity index (χ1v) is 11.4. The Bertz CT molecular complexity index is 1010. The zero-order chi connectivity index (χ0) is 20.1. The lowest BCUT2D eigenvalue weighted by Crippen LogP contribution is -2.61. The topological polar surface area (TPSA) is 57.7 Å². The average Bonchev–Trinajstić information content (AvgIpc) is 2.89. The maximum atomic E-state index is 13.1. The molecule has 2 saturated heterocycles. The minimum atomic E-state index is -3.18. The number of sulfone groups is 1. The number of amides is 1. The number of carbonyl (C=O) groups excluding carboxylic acids is 1. The second-order valence-electron chi connectivity index (χ2n) is 8.22. The quantitative estimate of drug-likeness (QED) is 0.798. The predicted octanol–water partition coefficient (Wildman–Crippen LogP) is 2.63. The Hall–Kier alpha value is -2.18. The monoisotopic (exact) mass is 398 g/mol. The predicted molar refractivity (Wildman–Crippen MR) is 111 cm³/mol. The van der Waals surface area contributed by atoms with Crippen LogP contribution in [0, 0.1) is 20.8 Å². The van der Waals surface area contributed by atoms with E-state index in [9.17, 15) is 13.2 Å². The van der Waals surface area contributed by atoms with Gasteiger partial charge in [-0.15, -0.1) is 0 Å². The molecule has 6 heteroatoms. The molecule has 0 spiro atoms. The normalized spacial score (nSPS) is 24.4. The standard InChI is InChI=1S/C22H26N2O3S/c1-15-5-4-6-18(8-15)11-23-12-22(25)24(19-9-16(2)7-17(3)10-19)21-14-28(26,27)13-20(21)23/h4-10,20-21H,11-14H2,1-3H3. The summed E-state index contributed by atoms with van der Waals surface area (Å²) >= 11 is 0. The number of aryl methyl sites for hydroxylation is 3. The highest BCUT2D eigenvalue weighted by atomic mass is 32.2. The van der Waals surface area contributed by atoms with Gasteiger partial charge >= 0.3 is 0 Å². The van der Waals surface area contributed by atoms with E-state index < -0.39 is 9.84 Å². The lowest BCUT2D eigenvalue weighted by molar-refractivity contribution is -0.123. The molecule has 2 unspecified atom stereocenters. The van der Waals surface area contributed by atoms with Crippen molar-refractivity contribution in [3.63, 3.8) is 0 Å². The van der Waals surface area contributed by atoms with E-state index in [1.54, 1.807) is 4.90 Å². The van der Waals surface area contributed by atoms with Gasteiger partial charge in [-0.1, -0.05) is 35.9 Å². The highest BCUT2D eigenvalue weighted by molar-refractivity contribution is 7.91. The number of piperazine rings is 1. The molecule has 2 atom stereocenters. The van der Waals surface area contributed by atoms with Crippen molar-refractivity contribution in [1.29, 1.82) is 0 Å². The van der Waals surface area contributed by atoms with Gasteiger partial charge in [-0.25, -0.2) is 8.42 Å². The van der Waals surface area contributed by atoms with Crippen LogP contribution in [0.25, 0.3) is 0 Å². The molecule has 28 heavy (non-hydrogen) atoms. The van der Waals surface area contributed by atoms with E-state index in [2.05, 4.69) is 12.1 Å². The number of benzene rings is 2. The summed E-state index contributed by atoms with van der Waals surface area (Å²) in [6.45, 7) is 6.85. The summed E-state index contributed by atoms with van der Waals surface area (Å²) in [5, 5.41) is 0. The lowest BCUT2D eigenvalue weighted by atomic mass is 10.0. The summed E-state index contributed by atoms with van der Waals surface area (Å²) in [5.41, 5.74) is 5.22. The van der Waals surface area contributed by atoms with Crippen LogP contribution in [-0.4, -0.2) is 49.4 Å². The number of anilines is 1. The van der Waals surface area contributed by atoms with E-state index in [0.29, 0.717) is 6.54 Å². The van der Waals surface area contributed by atoms with Crippen LogP contribution >= 0.6 is 0 Å². The molecule has 0 aromatic heterocycles. The smallest absolute Gasteiger partial charge is 0.241 e. The van der Waals surface area contributed by atoms with E-state index >= 15 is 0 Å². The maximum Gasteiger partial charge on any atom is 0.241 e. The van der Waals surface area contributed by atoms with Crippen LogP contribution in [0.4, 0.5) is 5.69 Å². The molecular formula is C22H26N2O3S. The molecule has 2 aliphatic heterocycles. The average molecular weight is 399 g/mol. The molecule has 2 fully saturated rings. The van der Waals surface area contributed by atoms with Crippen molar-refractivity contribution in [2.24, 2.45) is 0 Å². The highest BCUT2D eigenvalue weighted by Crippen LogP contribution is 2.33. The molecule has 0 bridgehead atoms. The van der Waals surface area contributed by atoms with Gasteiger partial charge in [-0.3, -0.25) is 9.69 Å². The van der Waals surface area contributed by atoms with Gasteiger partial charge in [0.1, 0.15) is 0 Å².